The van der Waals surface area contributed by atoms with E-state index in [4.69, 9.17) is 19.4 Å². The van der Waals surface area contributed by atoms with Gasteiger partial charge >= 0.3 is 24.1 Å². The van der Waals surface area contributed by atoms with E-state index >= 15 is 8.78 Å². The Kier molecular flexibility index (Phi) is 9.72. The fraction of sp³-hybridized carbons (Fsp3) is 0.310. The van der Waals surface area contributed by atoms with Crippen LogP contribution >= 0.6 is 0 Å². The number of nitrogens with zero attached hydrogens (tertiary/aromatic N) is 1. The molecule has 5 rings (SSSR count). The van der Waals surface area contributed by atoms with Crippen molar-refractivity contribution in [3.05, 3.63) is 81.7 Å². The van der Waals surface area contributed by atoms with E-state index in [9.17, 15) is 35.9 Å². The van der Waals surface area contributed by atoms with Crippen LogP contribution < -0.4 is 15.7 Å². The first kappa shape index (κ1) is 33.9. The number of ether oxygens (including phenoxy) is 2. The number of hydrogen-bond acceptors (Lipinski definition) is 8. The fourth-order valence-electron chi connectivity index (χ4n) is 5.30. The van der Waals surface area contributed by atoms with E-state index in [0.29, 0.717) is 17.7 Å². The highest BCUT2D eigenvalue weighted by molar-refractivity contribution is 6.08. The quantitative estimate of drug-likeness (QED) is 0.160. The molecule has 17 heteroatoms. The topological polar surface area (TPSA) is 120 Å². The first-order chi connectivity index (χ1) is 21.6. The highest BCUT2D eigenvalue weighted by Gasteiger charge is 2.53. The second-order valence-electron chi connectivity index (χ2n) is 9.73. The van der Waals surface area contributed by atoms with Crippen LogP contribution in [0.25, 0.3) is 11.4 Å². The number of benzene rings is 2. The number of carbonyl (C=O) groups is 3. The molecule has 2 atom stereocenters. The lowest BCUT2D eigenvalue weighted by Crippen LogP contribution is -2.56. The van der Waals surface area contributed by atoms with Crippen LogP contribution in [0.2, 0.25) is 0 Å². The van der Waals surface area contributed by atoms with E-state index < -0.39 is 76.5 Å². The van der Waals surface area contributed by atoms with Gasteiger partial charge < -0.3 is 19.4 Å². The Morgan fingerprint density at radius 2 is 1.20 bits per heavy atom. The van der Waals surface area contributed by atoms with Crippen LogP contribution in [0, 0.1) is 29.1 Å². The zero-order valence-electron chi connectivity index (χ0n) is 23.8. The average Bonchev–Trinajstić information content (AvgIpc) is 3.45. The van der Waals surface area contributed by atoms with Crippen molar-refractivity contribution >= 4 is 35.3 Å². The summed E-state index contributed by atoms with van der Waals surface area (Å²) in [5.41, 5.74) is -1.00. The molecule has 0 amide bonds. The number of guanidine groups is 1. The van der Waals surface area contributed by atoms with Gasteiger partial charge in [0, 0.05) is 5.56 Å². The summed E-state index contributed by atoms with van der Waals surface area (Å²) in [7, 11) is 0. The van der Waals surface area contributed by atoms with E-state index in [2.05, 4.69) is 10.6 Å². The lowest BCUT2D eigenvalue weighted by Gasteiger charge is -2.32. The molecular weight excluding hydrogens is 638 g/mol. The van der Waals surface area contributed by atoms with Gasteiger partial charge in [-0.25, -0.2) is 46.8 Å². The van der Waals surface area contributed by atoms with Crippen LogP contribution in [0.3, 0.4) is 0 Å². The van der Waals surface area contributed by atoms with E-state index in [1.165, 1.54) is 6.92 Å². The van der Waals surface area contributed by atoms with E-state index in [1.807, 2.05) is 0 Å². The molecule has 0 saturated carbocycles. The molecular formula is C29H23F8N3O6. The minimum Gasteiger partial charge on any atom is -0.542 e. The van der Waals surface area contributed by atoms with Crippen LogP contribution in [0.15, 0.2) is 41.5 Å². The summed E-state index contributed by atoms with van der Waals surface area (Å²) in [4.78, 5) is 35.1. The lowest BCUT2D eigenvalue weighted by molar-refractivity contribution is -0.566. The maximum absolute atomic E-state index is 15.0. The van der Waals surface area contributed by atoms with Gasteiger partial charge in [0.25, 0.3) is 0 Å². The third kappa shape index (κ3) is 6.12. The third-order valence-corrected chi connectivity index (χ3v) is 7.08. The van der Waals surface area contributed by atoms with Crippen LogP contribution in [-0.4, -0.2) is 59.9 Å². The van der Waals surface area contributed by atoms with Crippen molar-refractivity contribution in [2.45, 2.75) is 44.9 Å². The van der Waals surface area contributed by atoms with Gasteiger partial charge in [-0.2, -0.15) is 13.2 Å². The average molecular weight is 662 g/mol. The summed E-state index contributed by atoms with van der Waals surface area (Å²) in [6, 6.07) is 7.19. The Morgan fingerprint density at radius 1 is 0.783 bits per heavy atom. The van der Waals surface area contributed by atoms with Gasteiger partial charge in [-0.15, -0.1) is 0 Å². The van der Waals surface area contributed by atoms with Gasteiger partial charge in [-0.3, -0.25) is 0 Å². The summed E-state index contributed by atoms with van der Waals surface area (Å²) < 4.78 is 116. The van der Waals surface area contributed by atoms with Crippen LogP contribution in [0.4, 0.5) is 35.1 Å². The molecule has 3 aliphatic heterocycles. The summed E-state index contributed by atoms with van der Waals surface area (Å²) >= 11 is 0. The van der Waals surface area contributed by atoms with Gasteiger partial charge in [0.05, 0.1) is 18.8 Å². The second-order valence-corrected chi connectivity index (χ2v) is 9.73. The first-order valence-corrected chi connectivity index (χ1v) is 13.5. The summed E-state index contributed by atoms with van der Waals surface area (Å²) in [6.45, 7) is 3.17. The summed E-state index contributed by atoms with van der Waals surface area (Å²) in [5, 5.41) is 14.5. The molecule has 3 heterocycles. The Labute approximate surface area is 254 Å². The maximum Gasteiger partial charge on any atom is 0.430 e. The fourth-order valence-corrected chi connectivity index (χ4v) is 5.30. The first-order valence-electron chi connectivity index (χ1n) is 13.5. The number of carboxylic acids is 1. The minimum atomic E-state index is -5.19. The number of hydrogen-bond donors (Lipinski definition) is 2. The van der Waals surface area contributed by atoms with Crippen LogP contribution in [-0.2, 0) is 23.9 Å². The largest absolute Gasteiger partial charge is 0.542 e. The molecule has 0 aliphatic carbocycles. The maximum atomic E-state index is 15.0. The molecule has 2 aromatic rings. The molecule has 2 N–H and O–H groups in total. The van der Waals surface area contributed by atoms with E-state index in [-0.39, 0.29) is 36.7 Å². The third-order valence-electron chi connectivity index (χ3n) is 7.08. The highest BCUT2D eigenvalue weighted by Crippen LogP contribution is 2.41. The van der Waals surface area contributed by atoms with Crippen molar-refractivity contribution in [3.8, 4) is 0 Å². The summed E-state index contributed by atoms with van der Waals surface area (Å²) in [6.07, 6.45) is -4.68. The van der Waals surface area contributed by atoms with Crippen molar-refractivity contribution in [1.29, 1.82) is 0 Å². The molecule has 0 bridgehead atoms. The number of nitrogens with one attached hydrogen (secondary N) is 2. The van der Waals surface area contributed by atoms with Gasteiger partial charge in [0.2, 0.25) is 5.82 Å². The number of alkyl halides is 3. The van der Waals surface area contributed by atoms with E-state index in [1.54, 1.807) is 41.8 Å². The number of halogens is 8. The molecule has 246 valence electrons. The lowest BCUT2D eigenvalue weighted by atomic mass is 9.95. The monoisotopic (exact) mass is 661 g/mol. The predicted molar refractivity (Wildman–Crippen MR) is 139 cm³/mol. The Morgan fingerprint density at radius 3 is 1.63 bits per heavy atom. The van der Waals surface area contributed by atoms with Gasteiger partial charge in [0.15, 0.2) is 23.3 Å². The number of esters is 2. The molecule has 0 spiro atoms. The zero-order chi connectivity index (χ0) is 34.1. The highest BCUT2D eigenvalue weighted by atomic mass is 19.4. The number of rotatable bonds is 6. The minimum absolute atomic E-state index is 0.0985. The molecule has 0 unspecified atom stereocenters. The number of carbonyl (C=O) groups excluding carboxylic acids is 3. The number of carboxylic acid groups (broad SMARTS) is 1. The van der Waals surface area contributed by atoms with Crippen molar-refractivity contribution in [1.82, 2.24) is 10.6 Å². The molecule has 1 fully saturated rings. The molecule has 9 nitrogen and oxygen atoms in total. The Bertz CT molecular complexity index is 1660. The van der Waals surface area contributed by atoms with Crippen LogP contribution in [0.5, 0.6) is 0 Å². The number of aliphatic carboxylic acids is 1. The Hall–Kier alpha value is -4.96. The molecule has 0 radical (unpaired) electrons. The summed E-state index contributed by atoms with van der Waals surface area (Å²) in [5.74, 6) is -15.3. The second kappa shape index (κ2) is 13.2. The molecule has 0 aromatic heterocycles. The van der Waals surface area contributed by atoms with Gasteiger partial charge in [0.1, 0.15) is 40.6 Å². The smallest absolute Gasteiger partial charge is 0.430 e. The van der Waals surface area contributed by atoms with Crippen molar-refractivity contribution < 1.29 is 68.7 Å². The SMILES string of the molecule is CCOC(=O)C1=C(c2ccccc2)NC2=[N+]3[C@@H]1CC[C@H]3C(C(=O)OCC)=C(c1c(F)c(F)c(F)c(F)c1F)N2.O=C([O-])C(F)(F)F. The van der Waals surface area contributed by atoms with E-state index in [0.717, 1.165) is 0 Å². The molecule has 2 aromatic carbocycles. The molecule has 46 heavy (non-hydrogen) atoms. The predicted octanol–water partition coefficient (Wildman–Crippen LogP) is 3.04. The standard InChI is InChI=1S/C27H22F5N3O4.C2HF3O2/c1-3-38-25(36)15-13-10-11-14-16(26(37)39-4-2)24(17-18(28)20(30)22(32)21(31)19(17)29)34-27(35(13)14)33-23(15)12-8-6-5-7-9-12;3-2(4,5)1(6)7/h5-9,13-14H,3-4,10-11H2,1-2H3,(H,33,34,36,37);(H,6,7)/t13-,14+;/m1./s1. The van der Waals surface area contributed by atoms with Gasteiger partial charge in [-0.05, 0) is 26.7 Å². The Balaban J connectivity index is 0.000000617. The van der Waals surface area contributed by atoms with Crippen molar-refractivity contribution in [2.24, 2.45) is 0 Å². The zero-order valence-corrected chi connectivity index (χ0v) is 23.8. The van der Waals surface area contributed by atoms with Crippen molar-refractivity contribution in [3.63, 3.8) is 0 Å². The van der Waals surface area contributed by atoms with Crippen molar-refractivity contribution in [2.75, 3.05) is 13.2 Å². The molecule has 3 aliphatic rings. The normalized spacial score (nSPS) is 18.7. The van der Waals surface area contributed by atoms with Gasteiger partial charge in [-0.1, -0.05) is 30.3 Å². The molecule has 1 saturated heterocycles. The van der Waals surface area contributed by atoms with Crippen LogP contribution in [0.1, 0.15) is 37.8 Å².